The third-order valence-electron chi connectivity index (χ3n) is 3.73. The number of hydrogen-bond donors (Lipinski definition) is 1. The average molecular weight is 260 g/mol. The summed E-state index contributed by atoms with van der Waals surface area (Å²) in [6.07, 6.45) is 3.21. The van der Waals surface area contributed by atoms with Gasteiger partial charge in [-0.05, 0) is 30.9 Å². The largest absolute Gasteiger partial charge is 0.352 e. The monoisotopic (exact) mass is 260 g/mol. The molecule has 0 saturated carbocycles. The van der Waals surface area contributed by atoms with E-state index in [1.54, 1.807) is 0 Å². The Balaban J connectivity index is 1.64. The Morgan fingerprint density at radius 2 is 2.16 bits per heavy atom. The predicted octanol–water partition coefficient (Wildman–Crippen LogP) is 2.42. The summed E-state index contributed by atoms with van der Waals surface area (Å²) >= 11 is 0. The van der Waals surface area contributed by atoms with Crippen molar-refractivity contribution in [1.29, 1.82) is 0 Å². The third-order valence-corrected chi connectivity index (χ3v) is 3.73. The Labute approximate surface area is 116 Å². The SMILES string of the molecule is CC1CCCN(CCC(=O)NCc2ccccc2)C1. The normalized spacial score (nSPS) is 20.2. The van der Waals surface area contributed by atoms with Crippen molar-refractivity contribution in [3.63, 3.8) is 0 Å². The van der Waals surface area contributed by atoms with Crippen LogP contribution in [-0.4, -0.2) is 30.4 Å². The molecule has 2 rings (SSSR count). The highest BCUT2D eigenvalue weighted by Gasteiger charge is 2.16. The van der Waals surface area contributed by atoms with E-state index in [1.807, 2.05) is 30.3 Å². The lowest BCUT2D eigenvalue weighted by Gasteiger charge is -2.30. The van der Waals surface area contributed by atoms with Gasteiger partial charge in [-0.3, -0.25) is 4.79 Å². The molecule has 0 radical (unpaired) electrons. The highest BCUT2D eigenvalue weighted by Crippen LogP contribution is 2.15. The van der Waals surface area contributed by atoms with E-state index in [0.717, 1.165) is 31.1 Å². The fourth-order valence-corrected chi connectivity index (χ4v) is 2.63. The third kappa shape index (κ3) is 5.03. The zero-order chi connectivity index (χ0) is 13.5. The summed E-state index contributed by atoms with van der Waals surface area (Å²) in [5.41, 5.74) is 1.16. The first-order valence-corrected chi connectivity index (χ1v) is 7.27. The molecular weight excluding hydrogens is 236 g/mol. The number of nitrogens with one attached hydrogen (secondary N) is 1. The van der Waals surface area contributed by atoms with Crippen LogP contribution in [0.25, 0.3) is 0 Å². The molecule has 1 aliphatic heterocycles. The van der Waals surface area contributed by atoms with Gasteiger partial charge in [-0.2, -0.15) is 0 Å². The van der Waals surface area contributed by atoms with Crippen LogP contribution in [0.2, 0.25) is 0 Å². The minimum atomic E-state index is 0.155. The van der Waals surface area contributed by atoms with E-state index in [-0.39, 0.29) is 5.91 Å². The summed E-state index contributed by atoms with van der Waals surface area (Å²) in [4.78, 5) is 14.2. The van der Waals surface area contributed by atoms with E-state index >= 15 is 0 Å². The Morgan fingerprint density at radius 1 is 1.37 bits per heavy atom. The lowest BCUT2D eigenvalue weighted by atomic mass is 10.0. The molecule has 1 aromatic carbocycles. The van der Waals surface area contributed by atoms with Gasteiger partial charge in [-0.1, -0.05) is 37.3 Å². The van der Waals surface area contributed by atoms with E-state index in [4.69, 9.17) is 0 Å². The van der Waals surface area contributed by atoms with Crippen LogP contribution in [0.5, 0.6) is 0 Å². The standard InChI is InChI=1S/C16H24N2O/c1-14-6-5-10-18(13-14)11-9-16(19)17-12-15-7-3-2-4-8-15/h2-4,7-8,14H,5-6,9-13H2,1H3,(H,17,19). The second kappa shape index (κ2) is 7.29. The number of carbonyl (C=O) groups excluding carboxylic acids is 1. The minimum absolute atomic E-state index is 0.155. The molecule has 0 aliphatic carbocycles. The van der Waals surface area contributed by atoms with Crippen molar-refractivity contribution in [3.05, 3.63) is 35.9 Å². The van der Waals surface area contributed by atoms with Crippen molar-refractivity contribution in [2.24, 2.45) is 5.92 Å². The summed E-state index contributed by atoms with van der Waals surface area (Å²) in [6.45, 7) is 6.12. The second-order valence-electron chi connectivity index (χ2n) is 5.56. The number of nitrogens with zero attached hydrogens (tertiary/aromatic N) is 1. The van der Waals surface area contributed by atoms with Gasteiger partial charge in [0, 0.05) is 26.1 Å². The lowest BCUT2D eigenvalue weighted by molar-refractivity contribution is -0.121. The molecule has 0 spiro atoms. The molecule has 19 heavy (non-hydrogen) atoms. The predicted molar refractivity (Wildman–Crippen MR) is 77.7 cm³/mol. The van der Waals surface area contributed by atoms with Crippen LogP contribution >= 0.6 is 0 Å². The number of amides is 1. The first-order valence-electron chi connectivity index (χ1n) is 7.27. The van der Waals surface area contributed by atoms with Crippen molar-refractivity contribution < 1.29 is 4.79 Å². The number of carbonyl (C=O) groups is 1. The van der Waals surface area contributed by atoms with Crippen LogP contribution in [-0.2, 0) is 11.3 Å². The van der Waals surface area contributed by atoms with Gasteiger partial charge >= 0.3 is 0 Å². The molecule has 3 nitrogen and oxygen atoms in total. The van der Waals surface area contributed by atoms with E-state index in [2.05, 4.69) is 17.1 Å². The molecule has 1 fully saturated rings. The summed E-state index contributed by atoms with van der Waals surface area (Å²) < 4.78 is 0. The number of piperidine rings is 1. The lowest BCUT2D eigenvalue weighted by Crippen LogP contribution is -2.37. The van der Waals surface area contributed by atoms with E-state index in [9.17, 15) is 4.79 Å². The van der Waals surface area contributed by atoms with Crippen LogP contribution in [0.1, 0.15) is 31.7 Å². The molecule has 1 saturated heterocycles. The summed E-state index contributed by atoms with van der Waals surface area (Å²) in [6, 6.07) is 10.1. The summed E-state index contributed by atoms with van der Waals surface area (Å²) in [5, 5.41) is 2.98. The molecular formula is C16H24N2O. The highest BCUT2D eigenvalue weighted by molar-refractivity contribution is 5.76. The van der Waals surface area contributed by atoms with Crippen molar-refractivity contribution in [1.82, 2.24) is 10.2 Å². The van der Waals surface area contributed by atoms with Crippen molar-refractivity contribution in [2.75, 3.05) is 19.6 Å². The van der Waals surface area contributed by atoms with E-state index in [1.165, 1.54) is 12.8 Å². The smallest absolute Gasteiger partial charge is 0.221 e. The molecule has 1 unspecified atom stereocenters. The first-order chi connectivity index (χ1) is 9.24. The van der Waals surface area contributed by atoms with Gasteiger partial charge in [0.1, 0.15) is 0 Å². The molecule has 1 heterocycles. The van der Waals surface area contributed by atoms with Gasteiger partial charge in [-0.25, -0.2) is 0 Å². The van der Waals surface area contributed by atoms with Crippen LogP contribution in [0, 0.1) is 5.92 Å². The maximum atomic E-state index is 11.8. The van der Waals surface area contributed by atoms with E-state index < -0.39 is 0 Å². The van der Waals surface area contributed by atoms with Gasteiger partial charge in [-0.15, -0.1) is 0 Å². The zero-order valence-corrected chi connectivity index (χ0v) is 11.8. The van der Waals surface area contributed by atoms with Gasteiger partial charge in [0.05, 0.1) is 0 Å². The molecule has 3 heteroatoms. The van der Waals surface area contributed by atoms with Crippen molar-refractivity contribution in [2.45, 2.75) is 32.7 Å². The molecule has 104 valence electrons. The maximum absolute atomic E-state index is 11.8. The van der Waals surface area contributed by atoms with Crippen LogP contribution in [0.3, 0.4) is 0 Å². The van der Waals surface area contributed by atoms with Crippen molar-refractivity contribution >= 4 is 5.91 Å². The molecule has 0 aromatic heterocycles. The minimum Gasteiger partial charge on any atom is -0.352 e. The summed E-state index contributed by atoms with van der Waals surface area (Å²) in [5.74, 6) is 0.934. The van der Waals surface area contributed by atoms with Gasteiger partial charge in [0.15, 0.2) is 0 Å². The topological polar surface area (TPSA) is 32.3 Å². The average Bonchev–Trinajstić information content (AvgIpc) is 2.44. The Kier molecular flexibility index (Phi) is 5.40. The fraction of sp³-hybridized carbons (Fsp3) is 0.562. The van der Waals surface area contributed by atoms with Gasteiger partial charge in [0.25, 0.3) is 0 Å². The molecule has 1 amide bonds. The Hall–Kier alpha value is -1.35. The maximum Gasteiger partial charge on any atom is 0.221 e. The highest BCUT2D eigenvalue weighted by atomic mass is 16.1. The molecule has 0 bridgehead atoms. The number of hydrogen-bond acceptors (Lipinski definition) is 2. The van der Waals surface area contributed by atoms with Gasteiger partial charge in [0.2, 0.25) is 5.91 Å². The van der Waals surface area contributed by atoms with Crippen molar-refractivity contribution in [3.8, 4) is 0 Å². The van der Waals surface area contributed by atoms with E-state index in [0.29, 0.717) is 13.0 Å². The number of likely N-dealkylation sites (tertiary alicyclic amines) is 1. The van der Waals surface area contributed by atoms with Crippen LogP contribution in [0.4, 0.5) is 0 Å². The quantitative estimate of drug-likeness (QED) is 0.882. The molecule has 1 aliphatic rings. The van der Waals surface area contributed by atoms with Gasteiger partial charge < -0.3 is 10.2 Å². The Bertz CT molecular complexity index is 391. The first kappa shape index (κ1) is 14.1. The number of benzene rings is 1. The fourth-order valence-electron chi connectivity index (χ4n) is 2.63. The molecule has 1 atom stereocenters. The zero-order valence-electron chi connectivity index (χ0n) is 11.8. The van der Waals surface area contributed by atoms with Crippen LogP contribution in [0.15, 0.2) is 30.3 Å². The molecule has 1 N–H and O–H groups in total. The molecule has 1 aromatic rings. The number of rotatable bonds is 5. The van der Waals surface area contributed by atoms with Crippen LogP contribution < -0.4 is 5.32 Å². The second-order valence-corrected chi connectivity index (χ2v) is 5.56. The summed E-state index contributed by atoms with van der Waals surface area (Å²) in [7, 11) is 0. The Morgan fingerprint density at radius 3 is 2.89 bits per heavy atom.